The van der Waals surface area contributed by atoms with Gasteiger partial charge in [0, 0.05) is 0 Å². The summed E-state index contributed by atoms with van der Waals surface area (Å²) in [7, 11) is 0. The molecule has 0 saturated heterocycles. The quantitative estimate of drug-likeness (QED) is 0.190. The number of nitrogens with one attached hydrogen (secondary N) is 1. The Morgan fingerprint density at radius 2 is 1.41 bits per heavy atom. The first-order chi connectivity index (χ1) is 13.9. The van der Waals surface area contributed by atoms with E-state index in [1.165, 1.54) is 12.1 Å². The molecule has 29 heavy (non-hydrogen) atoms. The highest BCUT2D eigenvalue weighted by molar-refractivity contribution is 5.80. The van der Waals surface area contributed by atoms with Crippen molar-refractivity contribution in [2.75, 3.05) is 5.43 Å². The van der Waals surface area contributed by atoms with Crippen LogP contribution in [0.15, 0.2) is 53.6 Å². The third kappa shape index (κ3) is 4.68. The van der Waals surface area contributed by atoms with Crippen LogP contribution in [0.4, 0.5) is 32.0 Å². The van der Waals surface area contributed by atoms with Crippen LogP contribution in [-0.4, -0.2) is 6.21 Å². The van der Waals surface area contributed by atoms with Crippen LogP contribution in [0.3, 0.4) is 0 Å². The molecule has 0 heterocycles. The second-order valence-corrected chi connectivity index (χ2v) is 5.80. The standard InChI is InChI=1S/C20H12F6N2O/c21-13-3-1-2-12(8-13)10-29-14-6-4-11(5-7-14)9-27-28-20-18(25)16(23)15(22)17(24)19(20)26/h1-9,28H,10H2/b27-9-. The van der Waals surface area contributed by atoms with Crippen molar-refractivity contribution in [3.05, 3.63) is 94.6 Å². The van der Waals surface area contributed by atoms with Gasteiger partial charge in [-0.2, -0.15) is 5.10 Å². The van der Waals surface area contributed by atoms with Crippen LogP contribution in [0.2, 0.25) is 0 Å². The minimum absolute atomic E-state index is 0.146. The first-order valence-electron chi connectivity index (χ1n) is 8.14. The molecule has 0 aliphatic heterocycles. The summed E-state index contributed by atoms with van der Waals surface area (Å²) in [5, 5.41) is 3.49. The van der Waals surface area contributed by atoms with Crippen molar-refractivity contribution in [2.24, 2.45) is 5.10 Å². The number of benzene rings is 3. The zero-order valence-electron chi connectivity index (χ0n) is 14.5. The maximum absolute atomic E-state index is 13.5. The van der Waals surface area contributed by atoms with Crippen LogP contribution < -0.4 is 10.2 Å². The Morgan fingerprint density at radius 3 is 2.03 bits per heavy atom. The van der Waals surface area contributed by atoms with Gasteiger partial charge in [0.2, 0.25) is 5.82 Å². The molecule has 150 valence electrons. The van der Waals surface area contributed by atoms with E-state index >= 15 is 0 Å². The van der Waals surface area contributed by atoms with Crippen LogP contribution in [0, 0.1) is 34.9 Å². The lowest BCUT2D eigenvalue weighted by molar-refractivity contribution is 0.305. The Hall–Kier alpha value is -3.49. The van der Waals surface area contributed by atoms with Crippen LogP contribution in [-0.2, 0) is 6.61 Å². The van der Waals surface area contributed by atoms with E-state index < -0.39 is 34.8 Å². The monoisotopic (exact) mass is 410 g/mol. The van der Waals surface area contributed by atoms with E-state index in [9.17, 15) is 26.3 Å². The molecule has 0 fully saturated rings. The van der Waals surface area contributed by atoms with Gasteiger partial charge in [0.1, 0.15) is 23.9 Å². The molecule has 0 aliphatic carbocycles. The fourth-order valence-corrected chi connectivity index (χ4v) is 2.32. The fraction of sp³-hybridized carbons (Fsp3) is 0.0500. The summed E-state index contributed by atoms with van der Waals surface area (Å²) in [6.45, 7) is 0.146. The lowest BCUT2D eigenvalue weighted by Crippen LogP contribution is -2.06. The number of hydrogen-bond donors (Lipinski definition) is 1. The Morgan fingerprint density at radius 1 is 0.793 bits per heavy atom. The van der Waals surface area contributed by atoms with Gasteiger partial charge in [-0.15, -0.1) is 0 Å². The lowest BCUT2D eigenvalue weighted by atomic mass is 10.2. The normalized spacial score (nSPS) is 11.1. The Labute approximate surface area is 161 Å². The molecule has 3 nitrogen and oxygen atoms in total. The van der Waals surface area contributed by atoms with E-state index in [1.54, 1.807) is 36.4 Å². The van der Waals surface area contributed by atoms with Gasteiger partial charge in [-0.1, -0.05) is 12.1 Å². The second-order valence-electron chi connectivity index (χ2n) is 5.80. The molecule has 0 aromatic heterocycles. The molecule has 0 atom stereocenters. The van der Waals surface area contributed by atoms with Crippen molar-refractivity contribution in [3.63, 3.8) is 0 Å². The van der Waals surface area contributed by atoms with E-state index in [4.69, 9.17) is 4.74 Å². The van der Waals surface area contributed by atoms with E-state index in [-0.39, 0.29) is 12.4 Å². The third-order valence-corrected chi connectivity index (χ3v) is 3.77. The van der Waals surface area contributed by atoms with Gasteiger partial charge < -0.3 is 4.74 Å². The zero-order chi connectivity index (χ0) is 21.0. The number of anilines is 1. The van der Waals surface area contributed by atoms with Crippen LogP contribution in [0.25, 0.3) is 0 Å². The highest BCUT2D eigenvalue weighted by Gasteiger charge is 2.25. The highest BCUT2D eigenvalue weighted by Crippen LogP contribution is 2.27. The molecule has 3 aromatic carbocycles. The summed E-state index contributed by atoms with van der Waals surface area (Å²) in [5.74, 6) is -10.3. The predicted octanol–water partition coefficient (Wildman–Crippen LogP) is 5.55. The maximum atomic E-state index is 13.5. The maximum Gasteiger partial charge on any atom is 0.200 e. The van der Waals surface area contributed by atoms with Crippen LogP contribution in [0.1, 0.15) is 11.1 Å². The van der Waals surface area contributed by atoms with Crippen molar-refractivity contribution in [1.29, 1.82) is 0 Å². The molecule has 0 bridgehead atoms. The van der Waals surface area contributed by atoms with Crippen LogP contribution in [0.5, 0.6) is 5.75 Å². The summed E-state index contributed by atoms with van der Waals surface area (Å²) >= 11 is 0. The van der Waals surface area contributed by atoms with Gasteiger partial charge >= 0.3 is 0 Å². The van der Waals surface area contributed by atoms with Crippen molar-refractivity contribution in [1.82, 2.24) is 0 Å². The molecule has 3 rings (SSSR count). The number of ether oxygens (including phenoxy) is 1. The SMILES string of the molecule is Fc1cccc(COc2ccc(/C=N\Nc3c(F)c(F)c(F)c(F)c3F)cc2)c1. The number of nitrogens with zero attached hydrogens (tertiary/aromatic N) is 1. The minimum Gasteiger partial charge on any atom is -0.489 e. The number of rotatable bonds is 6. The topological polar surface area (TPSA) is 33.6 Å². The van der Waals surface area contributed by atoms with Crippen molar-refractivity contribution in [2.45, 2.75) is 6.61 Å². The molecule has 0 radical (unpaired) electrons. The van der Waals surface area contributed by atoms with Crippen molar-refractivity contribution >= 4 is 11.9 Å². The first kappa shape index (κ1) is 20.2. The lowest BCUT2D eigenvalue weighted by Gasteiger charge is -2.07. The molecule has 0 saturated carbocycles. The summed E-state index contributed by atoms with van der Waals surface area (Å²) in [6, 6.07) is 12.2. The molecular formula is C20H12F6N2O. The molecular weight excluding hydrogens is 398 g/mol. The van der Waals surface area contributed by atoms with Gasteiger partial charge in [0.05, 0.1) is 6.21 Å². The summed E-state index contributed by atoms with van der Waals surface area (Å²) in [6.07, 6.45) is 1.12. The fourth-order valence-electron chi connectivity index (χ4n) is 2.32. The molecule has 0 unspecified atom stereocenters. The number of hydrazone groups is 1. The Balaban J connectivity index is 1.64. The number of hydrogen-bond acceptors (Lipinski definition) is 3. The molecule has 0 spiro atoms. The van der Waals surface area contributed by atoms with E-state index in [2.05, 4.69) is 5.10 Å². The van der Waals surface area contributed by atoms with E-state index in [0.717, 1.165) is 6.21 Å². The van der Waals surface area contributed by atoms with Crippen molar-refractivity contribution in [3.8, 4) is 5.75 Å². The summed E-state index contributed by atoms with van der Waals surface area (Å²) < 4.78 is 84.9. The Bertz CT molecular complexity index is 1020. The largest absolute Gasteiger partial charge is 0.489 e. The van der Waals surface area contributed by atoms with Gasteiger partial charge in [0.25, 0.3) is 0 Å². The second kappa shape index (κ2) is 8.68. The van der Waals surface area contributed by atoms with E-state index in [1.807, 2.05) is 5.43 Å². The van der Waals surface area contributed by atoms with Crippen molar-refractivity contribution < 1.29 is 31.1 Å². The van der Waals surface area contributed by atoms with Gasteiger partial charge in [-0.05, 0) is 47.5 Å². The molecule has 0 amide bonds. The Kier molecular flexibility index (Phi) is 6.06. The van der Waals surface area contributed by atoms with Crippen LogP contribution >= 0.6 is 0 Å². The first-order valence-corrected chi connectivity index (χ1v) is 8.14. The smallest absolute Gasteiger partial charge is 0.200 e. The summed E-state index contributed by atoms with van der Waals surface area (Å²) in [5.41, 5.74) is 1.65. The molecule has 3 aromatic rings. The molecule has 1 N–H and O–H groups in total. The molecule has 9 heteroatoms. The zero-order valence-corrected chi connectivity index (χ0v) is 14.5. The van der Waals surface area contributed by atoms with E-state index in [0.29, 0.717) is 16.9 Å². The van der Waals surface area contributed by atoms with Gasteiger partial charge in [-0.3, -0.25) is 5.43 Å². The van der Waals surface area contributed by atoms with Gasteiger partial charge in [0.15, 0.2) is 23.3 Å². The highest BCUT2D eigenvalue weighted by atomic mass is 19.2. The number of halogens is 6. The molecule has 0 aliphatic rings. The third-order valence-electron chi connectivity index (χ3n) is 3.77. The minimum atomic E-state index is -2.25. The summed E-state index contributed by atoms with van der Waals surface area (Å²) in [4.78, 5) is 0. The average molecular weight is 410 g/mol. The predicted molar refractivity (Wildman–Crippen MR) is 94.6 cm³/mol. The van der Waals surface area contributed by atoms with Gasteiger partial charge in [-0.25, -0.2) is 26.3 Å². The average Bonchev–Trinajstić information content (AvgIpc) is 2.73.